The predicted molar refractivity (Wildman–Crippen MR) is 106 cm³/mol. The monoisotopic (exact) mass is 365 g/mol. The molecule has 0 unspecified atom stereocenters. The van der Waals surface area contributed by atoms with Crippen molar-refractivity contribution in [2.75, 3.05) is 5.32 Å². The Morgan fingerprint density at radius 1 is 1.12 bits per heavy atom. The third-order valence-corrected chi connectivity index (χ3v) is 4.49. The number of nitrogens with one attached hydrogen (secondary N) is 1. The smallest absolute Gasteiger partial charge is 0.257 e. The van der Waals surface area contributed by atoms with Gasteiger partial charge in [0.1, 0.15) is 0 Å². The van der Waals surface area contributed by atoms with E-state index in [4.69, 9.17) is 11.6 Å². The van der Waals surface area contributed by atoms with Crippen LogP contribution in [-0.4, -0.2) is 15.9 Å². The van der Waals surface area contributed by atoms with Crippen LogP contribution in [-0.2, 0) is 6.42 Å². The molecule has 3 rings (SSSR count). The van der Waals surface area contributed by atoms with Crippen LogP contribution < -0.4 is 5.32 Å². The zero-order valence-corrected chi connectivity index (χ0v) is 15.8. The number of rotatable bonds is 4. The Labute approximate surface area is 158 Å². The number of pyridine rings is 2. The molecule has 132 valence electrons. The standard InChI is InChI=1S/C21H20ClN3O/c1-4-15-6-8-17(14(3)24-15)21(26)25-16-7-9-19(22)18(11-16)20-10-5-13(2)12-23-20/h5-12H,4H2,1-3H3,(H,25,26). The maximum atomic E-state index is 12.6. The zero-order chi connectivity index (χ0) is 18.7. The summed E-state index contributed by atoms with van der Waals surface area (Å²) in [6, 6.07) is 13.0. The van der Waals surface area contributed by atoms with Gasteiger partial charge in [-0.1, -0.05) is 24.6 Å². The van der Waals surface area contributed by atoms with E-state index in [9.17, 15) is 4.79 Å². The summed E-state index contributed by atoms with van der Waals surface area (Å²) < 4.78 is 0. The number of carbonyl (C=O) groups is 1. The molecule has 0 radical (unpaired) electrons. The van der Waals surface area contributed by atoms with E-state index in [1.165, 1.54) is 0 Å². The SMILES string of the molecule is CCc1ccc(C(=O)Nc2ccc(Cl)c(-c3ccc(C)cn3)c2)c(C)n1. The van der Waals surface area contributed by atoms with Crippen molar-refractivity contribution in [3.8, 4) is 11.3 Å². The number of amides is 1. The molecule has 0 aliphatic heterocycles. The van der Waals surface area contributed by atoms with E-state index in [1.807, 2.05) is 51.1 Å². The molecule has 0 aliphatic rings. The molecule has 0 atom stereocenters. The first kappa shape index (κ1) is 18.1. The second kappa shape index (κ2) is 7.67. The highest BCUT2D eigenvalue weighted by atomic mass is 35.5. The Morgan fingerprint density at radius 3 is 2.58 bits per heavy atom. The van der Waals surface area contributed by atoms with Crippen molar-refractivity contribution in [1.82, 2.24) is 9.97 Å². The molecule has 0 bridgehead atoms. The van der Waals surface area contributed by atoms with Crippen molar-refractivity contribution in [2.24, 2.45) is 0 Å². The Balaban J connectivity index is 1.87. The van der Waals surface area contributed by atoms with Crippen LogP contribution in [0, 0.1) is 13.8 Å². The van der Waals surface area contributed by atoms with Crippen molar-refractivity contribution >= 4 is 23.2 Å². The van der Waals surface area contributed by atoms with Crippen LogP contribution in [0.2, 0.25) is 5.02 Å². The van der Waals surface area contributed by atoms with Gasteiger partial charge in [0.15, 0.2) is 0 Å². The van der Waals surface area contributed by atoms with E-state index >= 15 is 0 Å². The second-order valence-electron chi connectivity index (χ2n) is 6.16. The minimum Gasteiger partial charge on any atom is -0.322 e. The van der Waals surface area contributed by atoms with Crippen LogP contribution in [0.5, 0.6) is 0 Å². The van der Waals surface area contributed by atoms with Gasteiger partial charge in [0, 0.05) is 23.1 Å². The maximum absolute atomic E-state index is 12.6. The van der Waals surface area contributed by atoms with Crippen LogP contribution in [0.3, 0.4) is 0 Å². The van der Waals surface area contributed by atoms with Crippen LogP contribution in [0.1, 0.15) is 34.2 Å². The molecule has 0 spiro atoms. The molecule has 1 aromatic carbocycles. The molecule has 2 aromatic heterocycles. The number of halogens is 1. The third kappa shape index (κ3) is 3.92. The molecular formula is C21H20ClN3O. The van der Waals surface area contributed by atoms with Gasteiger partial charge in [-0.2, -0.15) is 0 Å². The Bertz CT molecular complexity index is 952. The molecule has 5 heteroatoms. The molecule has 0 aliphatic carbocycles. The number of anilines is 1. The van der Waals surface area contributed by atoms with E-state index in [0.717, 1.165) is 34.6 Å². The van der Waals surface area contributed by atoms with Gasteiger partial charge in [-0.25, -0.2) is 0 Å². The topological polar surface area (TPSA) is 54.9 Å². The van der Waals surface area contributed by atoms with Crippen LogP contribution in [0.15, 0.2) is 48.7 Å². The van der Waals surface area contributed by atoms with Crippen molar-refractivity contribution in [3.05, 3.63) is 76.2 Å². The Hall–Kier alpha value is -2.72. The molecule has 2 heterocycles. The average Bonchev–Trinajstić information content (AvgIpc) is 2.63. The van der Waals surface area contributed by atoms with Crippen molar-refractivity contribution in [2.45, 2.75) is 27.2 Å². The lowest BCUT2D eigenvalue weighted by molar-refractivity contribution is 0.102. The molecule has 26 heavy (non-hydrogen) atoms. The van der Waals surface area contributed by atoms with Crippen LogP contribution in [0.25, 0.3) is 11.3 Å². The number of hydrogen-bond donors (Lipinski definition) is 1. The van der Waals surface area contributed by atoms with E-state index in [2.05, 4.69) is 15.3 Å². The van der Waals surface area contributed by atoms with Gasteiger partial charge in [-0.05, 0) is 62.2 Å². The molecular weight excluding hydrogens is 346 g/mol. The predicted octanol–water partition coefficient (Wildman–Crippen LogP) is 5.23. The summed E-state index contributed by atoms with van der Waals surface area (Å²) >= 11 is 6.32. The second-order valence-corrected chi connectivity index (χ2v) is 6.57. The lowest BCUT2D eigenvalue weighted by Gasteiger charge is -2.11. The lowest BCUT2D eigenvalue weighted by Crippen LogP contribution is -2.14. The first-order valence-corrected chi connectivity index (χ1v) is 8.86. The Kier molecular flexibility index (Phi) is 5.33. The largest absolute Gasteiger partial charge is 0.322 e. The van der Waals surface area contributed by atoms with Crippen molar-refractivity contribution < 1.29 is 4.79 Å². The van der Waals surface area contributed by atoms with Gasteiger partial charge in [0.25, 0.3) is 5.91 Å². The quantitative estimate of drug-likeness (QED) is 0.688. The fraction of sp³-hybridized carbons (Fsp3) is 0.190. The first-order valence-electron chi connectivity index (χ1n) is 8.48. The summed E-state index contributed by atoms with van der Waals surface area (Å²) in [6.45, 7) is 5.86. The summed E-state index contributed by atoms with van der Waals surface area (Å²) in [4.78, 5) is 21.5. The average molecular weight is 366 g/mol. The summed E-state index contributed by atoms with van der Waals surface area (Å²) in [6.07, 6.45) is 2.63. The number of carbonyl (C=O) groups excluding carboxylic acids is 1. The van der Waals surface area contributed by atoms with Gasteiger partial charge >= 0.3 is 0 Å². The fourth-order valence-corrected chi connectivity index (χ4v) is 2.89. The van der Waals surface area contributed by atoms with E-state index in [0.29, 0.717) is 16.3 Å². The highest BCUT2D eigenvalue weighted by Crippen LogP contribution is 2.29. The highest BCUT2D eigenvalue weighted by Gasteiger charge is 2.13. The minimum atomic E-state index is -0.192. The maximum Gasteiger partial charge on any atom is 0.257 e. The molecule has 0 saturated heterocycles. The van der Waals surface area contributed by atoms with E-state index < -0.39 is 0 Å². The molecule has 0 saturated carbocycles. The van der Waals surface area contributed by atoms with Crippen LogP contribution >= 0.6 is 11.6 Å². The molecule has 4 nitrogen and oxygen atoms in total. The van der Waals surface area contributed by atoms with E-state index in [-0.39, 0.29) is 5.91 Å². The Morgan fingerprint density at radius 2 is 1.92 bits per heavy atom. The number of nitrogens with zero attached hydrogens (tertiary/aromatic N) is 2. The van der Waals surface area contributed by atoms with Gasteiger partial charge < -0.3 is 5.32 Å². The molecule has 1 amide bonds. The normalized spacial score (nSPS) is 10.6. The van der Waals surface area contributed by atoms with E-state index in [1.54, 1.807) is 18.3 Å². The van der Waals surface area contributed by atoms with Gasteiger partial charge in [-0.3, -0.25) is 14.8 Å². The summed E-state index contributed by atoms with van der Waals surface area (Å²) in [5.74, 6) is -0.192. The van der Waals surface area contributed by atoms with Crippen LogP contribution in [0.4, 0.5) is 5.69 Å². The first-order chi connectivity index (χ1) is 12.5. The van der Waals surface area contributed by atoms with Crippen molar-refractivity contribution in [1.29, 1.82) is 0 Å². The lowest BCUT2D eigenvalue weighted by atomic mass is 10.1. The van der Waals surface area contributed by atoms with Crippen molar-refractivity contribution in [3.63, 3.8) is 0 Å². The summed E-state index contributed by atoms with van der Waals surface area (Å²) in [7, 11) is 0. The number of aryl methyl sites for hydroxylation is 3. The zero-order valence-electron chi connectivity index (χ0n) is 15.0. The number of hydrogen-bond acceptors (Lipinski definition) is 3. The van der Waals surface area contributed by atoms with Gasteiger partial charge in [0.2, 0.25) is 0 Å². The molecule has 0 fully saturated rings. The summed E-state index contributed by atoms with van der Waals surface area (Å²) in [5.41, 5.74) is 5.53. The summed E-state index contributed by atoms with van der Waals surface area (Å²) in [5, 5.41) is 3.51. The number of aromatic nitrogens is 2. The van der Waals surface area contributed by atoms with Gasteiger partial charge in [0.05, 0.1) is 22.0 Å². The minimum absolute atomic E-state index is 0.192. The van der Waals surface area contributed by atoms with Gasteiger partial charge in [-0.15, -0.1) is 0 Å². The fourth-order valence-electron chi connectivity index (χ4n) is 2.67. The number of benzene rings is 1. The third-order valence-electron chi connectivity index (χ3n) is 4.16. The molecule has 1 N–H and O–H groups in total. The molecule has 3 aromatic rings. The highest BCUT2D eigenvalue weighted by molar-refractivity contribution is 6.33.